The Morgan fingerprint density at radius 2 is 1.67 bits per heavy atom. The monoisotopic (exact) mass is 290 g/mol. The smallest absolute Gasteiger partial charge is 0.129 e. The zero-order valence-corrected chi connectivity index (χ0v) is 11.7. The predicted molar refractivity (Wildman–Crippen MR) is 77.0 cm³/mol. The highest BCUT2D eigenvalue weighted by atomic mass is 19.1. The molecule has 0 atom stereocenters. The molecule has 4 heteroatoms. The maximum atomic E-state index is 13.4. The predicted octanol–water partition coefficient (Wildman–Crippen LogP) is 4.25. The molecule has 0 saturated heterocycles. The second-order valence-electron chi connectivity index (χ2n) is 4.44. The lowest BCUT2D eigenvalue weighted by Crippen LogP contribution is -1.93. The third kappa shape index (κ3) is 4.31. The maximum absolute atomic E-state index is 13.4. The molecule has 0 aromatic heterocycles. The first-order valence-corrected chi connectivity index (χ1v) is 6.53. The molecule has 0 spiro atoms. The van der Waals surface area contributed by atoms with E-state index in [0.29, 0.717) is 6.61 Å². The number of hydrogen-bond acceptors (Lipinski definition) is 2. The summed E-state index contributed by atoms with van der Waals surface area (Å²) in [5.41, 5.74) is 1.03. The molecular weight excluding hydrogens is 274 g/mol. The molecule has 0 heterocycles. The van der Waals surface area contributed by atoms with E-state index in [2.05, 4.69) is 0 Å². The van der Waals surface area contributed by atoms with E-state index in [4.69, 9.17) is 9.47 Å². The van der Waals surface area contributed by atoms with E-state index in [1.807, 2.05) is 24.3 Å². The first-order valence-electron chi connectivity index (χ1n) is 6.53. The summed E-state index contributed by atoms with van der Waals surface area (Å²) in [7, 11) is 1.61. The Kier molecular flexibility index (Phi) is 5.32. The van der Waals surface area contributed by atoms with Crippen molar-refractivity contribution in [3.8, 4) is 5.75 Å². The van der Waals surface area contributed by atoms with Crippen LogP contribution in [0.2, 0.25) is 0 Å². The van der Waals surface area contributed by atoms with Crippen LogP contribution in [0.15, 0.2) is 54.8 Å². The average molecular weight is 290 g/mol. The zero-order chi connectivity index (χ0) is 15.1. The number of halogens is 2. The van der Waals surface area contributed by atoms with Gasteiger partial charge in [-0.2, -0.15) is 0 Å². The number of allylic oxidation sites excluding steroid dienone is 1. The van der Waals surface area contributed by atoms with Gasteiger partial charge in [0, 0.05) is 5.56 Å². The van der Waals surface area contributed by atoms with Crippen molar-refractivity contribution in [3.05, 3.63) is 77.6 Å². The van der Waals surface area contributed by atoms with Crippen LogP contribution in [0, 0.1) is 11.6 Å². The van der Waals surface area contributed by atoms with Crippen LogP contribution in [0.25, 0.3) is 0 Å². The van der Waals surface area contributed by atoms with Gasteiger partial charge in [0.1, 0.15) is 24.0 Å². The second-order valence-corrected chi connectivity index (χ2v) is 4.44. The number of hydrogen-bond donors (Lipinski definition) is 0. The van der Waals surface area contributed by atoms with Gasteiger partial charge in [-0.3, -0.25) is 0 Å². The quantitative estimate of drug-likeness (QED) is 0.741. The van der Waals surface area contributed by atoms with Crippen LogP contribution >= 0.6 is 0 Å². The second kappa shape index (κ2) is 7.43. The van der Waals surface area contributed by atoms with Gasteiger partial charge in [-0.05, 0) is 42.3 Å². The van der Waals surface area contributed by atoms with Gasteiger partial charge in [-0.25, -0.2) is 8.78 Å². The van der Waals surface area contributed by atoms with Crippen molar-refractivity contribution in [2.75, 3.05) is 7.11 Å². The molecule has 2 aromatic rings. The van der Waals surface area contributed by atoms with Crippen LogP contribution in [0.5, 0.6) is 5.75 Å². The highest BCUT2D eigenvalue weighted by molar-refractivity contribution is 5.26. The fourth-order valence-corrected chi connectivity index (χ4v) is 1.83. The Hall–Kier alpha value is -2.36. The molecule has 0 N–H and O–H groups in total. The van der Waals surface area contributed by atoms with E-state index >= 15 is 0 Å². The Bertz CT molecular complexity index is 586. The van der Waals surface area contributed by atoms with Crippen LogP contribution in [0.4, 0.5) is 8.78 Å². The summed E-state index contributed by atoms with van der Waals surface area (Å²) >= 11 is 0. The van der Waals surface area contributed by atoms with Gasteiger partial charge in [-0.1, -0.05) is 18.2 Å². The van der Waals surface area contributed by atoms with Crippen molar-refractivity contribution in [1.82, 2.24) is 0 Å². The summed E-state index contributed by atoms with van der Waals surface area (Å²) in [6.07, 6.45) is 3.20. The maximum Gasteiger partial charge on any atom is 0.129 e. The first-order chi connectivity index (χ1) is 10.2. The highest BCUT2D eigenvalue weighted by Gasteiger charge is 2.05. The molecule has 0 saturated carbocycles. The average Bonchev–Trinajstić information content (AvgIpc) is 2.50. The van der Waals surface area contributed by atoms with E-state index in [0.717, 1.165) is 11.3 Å². The molecule has 0 aliphatic rings. The van der Waals surface area contributed by atoms with Gasteiger partial charge >= 0.3 is 0 Å². The first kappa shape index (κ1) is 15.0. The summed E-state index contributed by atoms with van der Waals surface area (Å²) < 4.78 is 37.1. The Balaban J connectivity index is 1.83. The molecule has 0 aliphatic heterocycles. The van der Waals surface area contributed by atoms with Gasteiger partial charge in [0.15, 0.2) is 0 Å². The summed E-state index contributed by atoms with van der Waals surface area (Å²) in [5, 5.41) is 0. The highest BCUT2D eigenvalue weighted by Crippen LogP contribution is 2.14. The van der Waals surface area contributed by atoms with Crippen LogP contribution in [0.1, 0.15) is 11.1 Å². The van der Waals surface area contributed by atoms with E-state index in [1.165, 1.54) is 24.5 Å². The minimum Gasteiger partial charge on any atom is -0.497 e. The number of benzene rings is 2. The largest absolute Gasteiger partial charge is 0.497 e. The molecule has 0 fully saturated rings. The Morgan fingerprint density at radius 1 is 1.00 bits per heavy atom. The van der Waals surface area contributed by atoms with Crippen molar-refractivity contribution in [2.45, 2.75) is 13.0 Å². The van der Waals surface area contributed by atoms with Crippen molar-refractivity contribution >= 4 is 0 Å². The van der Waals surface area contributed by atoms with Crippen molar-refractivity contribution in [2.24, 2.45) is 0 Å². The Labute approximate surface area is 122 Å². The molecular formula is C17H16F2O2. The van der Waals surface area contributed by atoms with Gasteiger partial charge in [0.05, 0.1) is 13.4 Å². The van der Waals surface area contributed by atoms with Gasteiger partial charge in [-0.15, -0.1) is 0 Å². The lowest BCUT2D eigenvalue weighted by molar-refractivity contribution is 0.235. The lowest BCUT2D eigenvalue weighted by Gasteiger charge is -2.04. The lowest BCUT2D eigenvalue weighted by atomic mass is 10.1. The topological polar surface area (TPSA) is 18.5 Å². The summed E-state index contributed by atoms with van der Waals surface area (Å²) in [6, 6.07) is 11.3. The van der Waals surface area contributed by atoms with Gasteiger partial charge in [0.2, 0.25) is 0 Å². The third-order valence-electron chi connectivity index (χ3n) is 2.99. The molecule has 2 rings (SSSR count). The van der Waals surface area contributed by atoms with Crippen LogP contribution in [-0.4, -0.2) is 7.11 Å². The molecule has 0 amide bonds. The van der Waals surface area contributed by atoms with Crippen molar-refractivity contribution in [3.63, 3.8) is 0 Å². The molecule has 0 bridgehead atoms. The SMILES string of the molecule is COc1ccc(COC=CCc2c(F)cccc2F)cc1. The molecule has 0 radical (unpaired) electrons. The molecule has 0 aliphatic carbocycles. The molecule has 2 nitrogen and oxygen atoms in total. The van der Waals surface area contributed by atoms with E-state index in [9.17, 15) is 8.78 Å². The van der Waals surface area contributed by atoms with Crippen molar-refractivity contribution < 1.29 is 18.3 Å². The number of methoxy groups -OCH3 is 1. The molecule has 110 valence electrons. The number of ether oxygens (including phenoxy) is 2. The number of rotatable bonds is 6. The molecule has 2 aromatic carbocycles. The van der Waals surface area contributed by atoms with E-state index in [1.54, 1.807) is 13.2 Å². The fourth-order valence-electron chi connectivity index (χ4n) is 1.83. The van der Waals surface area contributed by atoms with Gasteiger partial charge < -0.3 is 9.47 Å². The minimum absolute atomic E-state index is 0.0433. The van der Waals surface area contributed by atoms with E-state index in [-0.39, 0.29) is 12.0 Å². The third-order valence-corrected chi connectivity index (χ3v) is 2.99. The summed E-state index contributed by atoms with van der Waals surface area (Å²) in [4.78, 5) is 0. The summed E-state index contributed by atoms with van der Waals surface area (Å²) in [5.74, 6) is -0.311. The van der Waals surface area contributed by atoms with E-state index < -0.39 is 11.6 Å². The van der Waals surface area contributed by atoms with Crippen molar-refractivity contribution in [1.29, 1.82) is 0 Å². The Morgan fingerprint density at radius 3 is 2.29 bits per heavy atom. The van der Waals surface area contributed by atoms with Crippen LogP contribution < -0.4 is 4.74 Å². The van der Waals surface area contributed by atoms with Gasteiger partial charge in [0.25, 0.3) is 0 Å². The minimum atomic E-state index is -0.546. The zero-order valence-electron chi connectivity index (χ0n) is 11.7. The fraction of sp³-hybridized carbons (Fsp3) is 0.176. The molecule has 0 unspecified atom stereocenters. The standard InChI is InChI=1S/C17H16F2O2/c1-20-14-9-7-13(8-10-14)12-21-11-3-4-15-16(18)5-2-6-17(15)19/h2-3,5-11H,4,12H2,1H3. The molecule has 21 heavy (non-hydrogen) atoms. The summed E-state index contributed by atoms with van der Waals surface area (Å²) in [6.45, 7) is 0.389. The normalized spacial score (nSPS) is 10.8. The van der Waals surface area contributed by atoms with Crippen LogP contribution in [-0.2, 0) is 17.8 Å². The van der Waals surface area contributed by atoms with Crippen LogP contribution in [0.3, 0.4) is 0 Å².